The summed E-state index contributed by atoms with van der Waals surface area (Å²) >= 11 is 0. The van der Waals surface area contributed by atoms with Crippen molar-refractivity contribution in [2.45, 2.75) is 19.4 Å². The summed E-state index contributed by atoms with van der Waals surface area (Å²) < 4.78 is 1.56. The van der Waals surface area contributed by atoms with E-state index in [1.165, 1.54) is 12.1 Å². The van der Waals surface area contributed by atoms with E-state index >= 15 is 0 Å². The molecule has 0 unspecified atom stereocenters. The Kier molecular flexibility index (Phi) is 3.69. The van der Waals surface area contributed by atoms with Gasteiger partial charge in [0.15, 0.2) is 0 Å². The normalized spacial score (nSPS) is 9.36. The topological polar surface area (TPSA) is 45.8 Å². The van der Waals surface area contributed by atoms with Gasteiger partial charge in [-0.15, -0.1) is 6.58 Å². The molecule has 1 aromatic rings. The molecule has 0 radical (unpaired) electrons. The standard InChI is InChI=1S/C11H12N2O/c1-2-3-4-7-13-9-10(8-12)5-6-11(13)14/h2,5-6,9H,1,3-4,7H2. The van der Waals surface area contributed by atoms with E-state index in [2.05, 4.69) is 6.58 Å². The summed E-state index contributed by atoms with van der Waals surface area (Å²) in [5.74, 6) is 0. The second kappa shape index (κ2) is 5.03. The zero-order valence-corrected chi connectivity index (χ0v) is 7.94. The van der Waals surface area contributed by atoms with Gasteiger partial charge in [-0.2, -0.15) is 5.26 Å². The van der Waals surface area contributed by atoms with E-state index in [-0.39, 0.29) is 5.56 Å². The van der Waals surface area contributed by atoms with Gasteiger partial charge in [-0.3, -0.25) is 4.79 Å². The third-order valence-corrected chi connectivity index (χ3v) is 1.92. The average molecular weight is 188 g/mol. The van der Waals surface area contributed by atoms with Crippen LogP contribution in [-0.2, 0) is 6.54 Å². The smallest absolute Gasteiger partial charge is 0.250 e. The summed E-state index contributed by atoms with van der Waals surface area (Å²) in [6.45, 7) is 4.25. The molecule has 0 atom stereocenters. The van der Waals surface area contributed by atoms with E-state index in [1.807, 2.05) is 12.1 Å². The van der Waals surface area contributed by atoms with Crippen molar-refractivity contribution in [1.29, 1.82) is 5.26 Å². The second-order valence-corrected chi connectivity index (χ2v) is 2.99. The van der Waals surface area contributed by atoms with Gasteiger partial charge < -0.3 is 4.57 Å². The molecule has 0 saturated heterocycles. The van der Waals surface area contributed by atoms with Crippen LogP contribution >= 0.6 is 0 Å². The lowest BCUT2D eigenvalue weighted by molar-refractivity contribution is 0.628. The summed E-state index contributed by atoms with van der Waals surface area (Å²) in [5, 5.41) is 8.64. The lowest BCUT2D eigenvalue weighted by Gasteiger charge is -2.03. The highest BCUT2D eigenvalue weighted by molar-refractivity contribution is 5.24. The van der Waals surface area contributed by atoms with Crippen LogP contribution in [0.3, 0.4) is 0 Å². The first-order valence-electron chi connectivity index (χ1n) is 4.49. The molecule has 1 heterocycles. The molecule has 0 spiro atoms. The number of rotatable bonds is 4. The number of allylic oxidation sites excluding steroid dienone is 1. The molecule has 0 aliphatic carbocycles. The van der Waals surface area contributed by atoms with Crippen molar-refractivity contribution in [2.75, 3.05) is 0 Å². The lowest BCUT2D eigenvalue weighted by atomic mass is 10.3. The van der Waals surface area contributed by atoms with Crippen LogP contribution in [0.1, 0.15) is 18.4 Å². The maximum atomic E-state index is 11.3. The van der Waals surface area contributed by atoms with E-state index in [4.69, 9.17) is 5.26 Å². The molecule has 0 N–H and O–H groups in total. The van der Waals surface area contributed by atoms with Gasteiger partial charge in [0.2, 0.25) is 0 Å². The summed E-state index contributed by atoms with van der Waals surface area (Å²) in [6, 6.07) is 4.96. The Balaban J connectivity index is 2.80. The molecule has 0 amide bonds. The Morgan fingerprint density at radius 2 is 2.36 bits per heavy atom. The van der Waals surface area contributed by atoms with E-state index in [1.54, 1.807) is 10.8 Å². The second-order valence-electron chi connectivity index (χ2n) is 2.99. The first kappa shape index (κ1) is 10.3. The molecule has 0 aliphatic heterocycles. The molecule has 0 fully saturated rings. The van der Waals surface area contributed by atoms with E-state index in [9.17, 15) is 4.79 Å². The molecule has 3 heteroatoms. The summed E-state index contributed by atoms with van der Waals surface area (Å²) in [4.78, 5) is 11.3. The van der Waals surface area contributed by atoms with Crippen molar-refractivity contribution >= 4 is 0 Å². The third kappa shape index (κ3) is 2.60. The zero-order valence-electron chi connectivity index (χ0n) is 7.94. The van der Waals surface area contributed by atoms with E-state index < -0.39 is 0 Å². The van der Waals surface area contributed by atoms with Gasteiger partial charge in [-0.05, 0) is 18.9 Å². The zero-order chi connectivity index (χ0) is 10.4. The van der Waals surface area contributed by atoms with Gasteiger partial charge >= 0.3 is 0 Å². The molecule has 0 aliphatic rings. The van der Waals surface area contributed by atoms with Crippen LogP contribution in [0.5, 0.6) is 0 Å². The number of pyridine rings is 1. The Morgan fingerprint density at radius 1 is 1.57 bits per heavy atom. The van der Waals surface area contributed by atoms with Crippen molar-refractivity contribution in [1.82, 2.24) is 4.57 Å². The lowest BCUT2D eigenvalue weighted by Crippen LogP contribution is -2.18. The first-order chi connectivity index (χ1) is 6.77. The number of hydrogen-bond acceptors (Lipinski definition) is 2. The Bertz CT molecular complexity index is 412. The van der Waals surface area contributed by atoms with E-state index in [0.29, 0.717) is 12.1 Å². The molecule has 14 heavy (non-hydrogen) atoms. The number of nitrogens with zero attached hydrogens (tertiary/aromatic N) is 2. The van der Waals surface area contributed by atoms with Crippen molar-refractivity contribution in [3.8, 4) is 6.07 Å². The van der Waals surface area contributed by atoms with Gasteiger partial charge in [-0.25, -0.2) is 0 Å². The van der Waals surface area contributed by atoms with E-state index in [0.717, 1.165) is 12.8 Å². The minimum Gasteiger partial charge on any atom is -0.314 e. The Hall–Kier alpha value is -1.82. The van der Waals surface area contributed by atoms with Crippen LogP contribution < -0.4 is 5.56 Å². The van der Waals surface area contributed by atoms with Crippen LogP contribution in [0.4, 0.5) is 0 Å². The fourth-order valence-electron chi connectivity index (χ4n) is 1.18. The fraction of sp³-hybridized carbons (Fsp3) is 0.273. The van der Waals surface area contributed by atoms with Crippen LogP contribution in [0.25, 0.3) is 0 Å². The molecular formula is C11H12N2O. The highest BCUT2D eigenvalue weighted by atomic mass is 16.1. The summed E-state index contributed by atoms with van der Waals surface area (Å²) in [5.41, 5.74) is 0.455. The average Bonchev–Trinajstić information content (AvgIpc) is 2.21. The predicted octanol–water partition coefficient (Wildman–Crippen LogP) is 1.69. The number of aryl methyl sites for hydroxylation is 1. The number of aromatic nitrogens is 1. The molecule has 3 nitrogen and oxygen atoms in total. The Morgan fingerprint density at radius 3 is 3.00 bits per heavy atom. The van der Waals surface area contributed by atoms with Crippen LogP contribution in [0, 0.1) is 11.3 Å². The maximum Gasteiger partial charge on any atom is 0.250 e. The molecule has 1 aromatic heterocycles. The first-order valence-corrected chi connectivity index (χ1v) is 4.49. The van der Waals surface area contributed by atoms with Gasteiger partial charge in [0.25, 0.3) is 5.56 Å². The van der Waals surface area contributed by atoms with Crippen molar-refractivity contribution in [2.24, 2.45) is 0 Å². The number of nitriles is 1. The van der Waals surface area contributed by atoms with Gasteiger partial charge in [0, 0.05) is 18.8 Å². The fourth-order valence-corrected chi connectivity index (χ4v) is 1.18. The quantitative estimate of drug-likeness (QED) is 0.533. The molecule has 1 rings (SSSR count). The van der Waals surface area contributed by atoms with Crippen LogP contribution in [-0.4, -0.2) is 4.57 Å². The van der Waals surface area contributed by atoms with Gasteiger partial charge in [0.1, 0.15) is 6.07 Å². The molecule has 0 aromatic carbocycles. The van der Waals surface area contributed by atoms with Crippen LogP contribution in [0.15, 0.2) is 35.8 Å². The number of unbranched alkanes of at least 4 members (excludes halogenated alkanes) is 1. The van der Waals surface area contributed by atoms with Crippen molar-refractivity contribution in [3.63, 3.8) is 0 Å². The SMILES string of the molecule is C=CCCCn1cc(C#N)ccc1=O. The molecule has 72 valence electrons. The largest absolute Gasteiger partial charge is 0.314 e. The summed E-state index contributed by atoms with van der Waals surface area (Å²) in [6.07, 6.45) is 5.16. The predicted molar refractivity (Wildman–Crippen MR) is 54.8 cm³/mol. The van der Waals surface area contributed by atoms with Gasteiger partial charge in [0.05, 0.1) is 5.56 Å². The van der Waals surface area contributed by atoms with Crippen LogP contribution in [0.2, 0.25) is 0 Å². The van der Waals surface area contributed by atoms with Crippen molar-refractivity contribution < 1.29 is 0 Å². The third-order valence-electron chi connectivity index (χ3n) is 1.92. The highest BCUT2D eigenvalue weighted by Gasteiger charge is 1.96. The van der Waals surface area contributed by atoms with Gasteiger partial charge in [-0.1, -0.05) is 6.08 Å². The minimum atomic E-state index is -0.0620. The molecule has 0 saturated carbocycles. The molecule has 0 bridgehead atoms. The molecular weight excluding hydrogens is 176 g/mol. The monoisotopic (exact) mass is 188 g/mol. The summed E-state index contributed by atoms with van der Waals surface area (Å²) in [7, 11) is 0. The highest BCUT2D eigenvalue weighted by Crippen LogP contribution is 1.96. The maximum absolute atomic E-state index is 11.3. The minimum absolute atomic E-state index is 0.0620. The Labute approximate surface area is 82.9 Å². The van der Waals surface area contributed by atoms with Crippen molar-refractivity contribution in [3.05, 3.63) is 46.9 Å². The number of hydrogen-bond donors (Lipinski definition) is 0.